The summed E-state index contributed by atoms with van der Waals surface area (Å²) in [4.78, 5) is 0.303. The van der Waals surface area contributed by atoms with Gasteiger partial charge in [-0.15, -0.1) is 0 Å². The Morgan fingerprint density at radius 2 is 2.10 bits per heavy atom. The van der Waals surface area contributed by atoms with Gasteiger partial charge in [0.1, 0.15) is 16.4 Å². The molecule has 0 aliphatic heterocycles. The van der Waals surface area contributed by atoms with Crippen molar-refractivity contribution in [1.29, 1.82) is 0 Å². The van der Waals surface area contributed by atoms with Gasteiger partial charge < -0.3 is 9.73 Å². The van der Waals surface area contributed by atoms with E-state index in [-0.39, 0.29) is 0 Å². The standard InChI is InChI=1S/C15H26N2O3S/c1-5-17(10-11(2)3)21(18,19)15-8-14(20-12(15)4)9-16-13-6-7-13/h8,11,13,16H,5-7,9-10H2,1-4H3. The monoisotopic (exact) mass is 314 g/mol. The number of sulfonamides is 1. The normalized spacial score (nSPS) is 16.1. The number of rotatable bonds is 8. The van der Waals surface area contributed by atoms with Crippen LogP contribution in [0.5, 0.6) is 0 Å². The molecule has 1 aromatic heterocycles. The van der Waals surface area contributed by atoms with Crippen LogP contribution in [-0.4, -0.2) is 31.9 Å². The molecule has 1 aliphatic rings. The van der Waals surface area contributed by atoms with Gasteiger partial charge in [0, 0.05) is 25.2 Å². The van der Waals surface area contributed by atoms with Gasteiger partial charge in [-0.2, -0.15) is 4.31 Å². The van der Waals surface area contributed by atoms with Crippen LogP contribution in [0.1, 0.15) is 45.1 Å². The minimum Gasteiger partial charge on any atom is -0.464 e. The van der Waals surface area contributed by atoms with E-state index in [1.54, 1.807) is 13.0 Å². The van der Waals surface area contributed by atoms with Crippen molar-refractivity contribution >= 4 is 10.0 Å². The lowest BCUT2D eigenvalue weighted by molar-refractivity contribution is 0.379. The van der Waals surface area contributed by atoms with E-state index in [9.17, 15) is 8.42 Å². The van der Waals surface area contributed by atoms with E-state index in [4.69, 9.17) is 4.42 Å². The summed E-state index contributed by atoms with van der Waals surface area (Å²) in [6, 6.07) is 2.24. The second kappa shape index (κ2) is 6.50. The molecule has 0 spiro atoms. The first-order valence-electron chi connectivity index (χ1n) is 7.67. The summed E-state index contributed by atoms with van der Waals surface area (Å²) in [5, 5.41) is 3.34. The Balaban J connectivity index is 2.17. The van der Waals surface area contributed by atoms with Crippen LogP contribution in [0.4, 0.5) is 0 Å². The summed E-state index contributed by atoms with van der Waals surface area (Å²) in [6.45, 7) is 9.22. The highest BCUT2D eigenvalue weighted by atomic mass is 32.2. The largest absolute Gasteiger partial charge is 0.464 e. The zero-order chi connectivity index (χ0) is 15.6. The number of hydrogen-bond acceptors (Lipinski definition) is 4. The number of hydrogen-bond donors (Lipinski definition) is 1. The fourth-order valence-electron chi connectivity index (χ4n) is 2.34. The maximum absolute atomic E-state index is 12.7. The molecule has 1 saturated carbocycles. The Morgan fingerprint density at radius 3 is 2.62 bits per heavy atom. The topological polar surface area (TPSA) is 62.6 Å². The van der Waals surface area contributed by atoms with Crippen LogP contribution in [0.15, 0.2) is 15.4 Å². The third-order valence-electron chi connectivity index (χ3n) is 3.60. The summed E-state index contributed by atoms with van der Waals surface area (Å²) in [5.74, 6) is 1.46. The van der Waals surface area contributed by atoms with Crippen molar-refractivity contribution in [3.63, 3.8) is 0 Å². The smallest absolute Gasteiger partial charge is 0.246 e. The molecule has 0 atom stereocenters. The van der Waals surface area contributed by atoms with Crippen LogP contribution < -0.4 is 5.32 Å². The highest BCUT2D eigenvalue weighted by Gasteiger charge is 2.28. The van der Waals surface area contributed by atoms with Crippen molar-refractivity contribution < 1.29 is 12.8 Å². The second-order valence-electron chi connectivity index (χ2n) is 6.14. The lowest BCUT2D eigenvalue weighted by Gasteiger charge is -2.21. The molecule has 1 N–H and O–H groups in total. The van der Waals surface area contributed by atoms with Gasteiger partial charge in [0.05, 0.1) is 6.54 Å². The summed E-state index contributed by atoms with van der Waals surface area (Å²) < 4.78 is 32.6. The maximum atomic E-state index is 12.7. The van der Waals surface area contributed by atoms with Gasteiger partial charge in [-0.05, 0) is 25.7 Å². The molecule has 1 heterocycles. The molecule has 0 radical (unpaired) electrons. The number of nitrogens with one attached hydrogen (secondary N) is 1. The van der Waals surface area contributed by atoms with Crippen LogP contribution in [0.2, 0.25) is 0 Å². The Bertz CT molecular complexity index is 574. The van der Waals surface area contributed by atoms with Crippen molar-refractivity contribution in [2.45, 2.75) is 58.0 Å². The zero-order valence-electron chi connectivity index (χ0n) is 13.3. The summed E-state index contributed by atoms with van der Waals surface area (Å²) in [7, 11) is -3.47. The molecule has 0 amide bonds. The van der Waals surface area contributed by atoms with Crippen molar-refractivity contribution in [3.8, 4) is 0 Å². The number of furan rings is 1. The SMILES string of the molecule is CCN(CC(C)C)S(=O)(=O)c1cc(CNC2CC2)oc1C. The molecule has 1 aliphatic carbocycles. The Hall–Kier alpha value is -0.850. The number of aryl methyl sites for hydroxylation is 1. The summed E-state index contributed by atoms with van der Waals surface area (Å²) in [5.41, 5.74) is 0. The molecule has 5 nitrogen and oxygen atoms in total. The quantitative estimate of drug-likeness (QED) is 0.801. The van der Waals surface area contributed by atoms with Crippen molar-refractivity contribution in [2.24, 2.45) is 5.92 Å². The van der Waals surface area contributed by atoms with Crippen LogP contribution in [0, 0.1) is 12.8 Å². The van der Waals surface area contributed by atoms with E-state index in [0.717, 1.165) is 0 Å². The van der Waals surface area contributed by atoms with E-state index in [2.05, 4.69) is 5.32 Å². The van der Waals surface area contributed by atoms with Gasteiger partial charge in [0.15, 0.2) is 0 Å². The van der Waals surface area contributed by atoms with Gasteiger partial charge in [-0.25, -0.2) is 8.42 Å². The number of nitrogens with zero attached hydrogens (tertiary/aromatic N) is 1. The van der Waals surface area contributed by atoms with Crippen LogP contribution in [-0.2, 0) is 16.6 Å². The van der Waals surface area contributed by atoms with Crippen molar-refractivity contribution in [3.05, 3.63) is 17.6 Å². The Kier molecular flexibility index (Phi) is 5.11. The fraction of sp³-hybridized carbons (Fsp3) is 0.733. The molecule has 2 rings (SSSR count). The average molecular weight is 314 g/mol. The van der Waals surface area contributed by atoms with Crippen molar-refractivity contribution in [2.75, 3.05) is 13.1 Å². The molecule has 0 unspecified atom stereocenters. The van der Waals surface area contributed by atoms with Gasteiger partial charge in [0.2, 0.25) is 10.0 Å². The van der Waals surface area contributed by atoms with Gasteiger partial charge in [-0.3, -0.25) is 0 Å². The van der Waals surface area contributed by atoms with E-state index in [0.29, 0.717) is 48.0 Å². The first-order chi connectivity index (χ1) is 9.84. The first-order valence-corrected chi connectivity index (χ1v) is 9.11. The minimum atomic E-state index is -3.47. The highest BCUT2D eigenvalue weighted by molar-refractivity contribution is 7.89. The summed E-state index contributed by atoms with van der Waals surface area (Å²) >= 11 is 0. The lowest BCUT2D eigenvalue weighted by atomic mass is 10.2. The molecule has 0 saturated heterocycles. The molecule has 21 heavy (non-hydrogen) atoms. The maximum Gasteiger partial charge on any atom is 0.246 e. The Morgan fingerprint density at radius 1 is 1.43 bits per heavy atom. The third-order valence-corrected chi connectivity index (χ3v) is 5.65. The van der Waals surface area contributed by atoms with E-state index in [1.165, 1.54) is 17.1 Å². The predicted molar refractivity (Wildman–Crippen MR) is 82.6 cm³/mol. The van der Waals surface area contributed by atoms with E-state index < -0.39 is 10.0 Å². The highest BCUT2D eigenvalue weighted by Crippen LogP contribution is 2.25. The van der Waals surface area contributed by atoms with Crippen LogP contribution in [0.25, 0.3) is 0 Å². The lowest BCUT2D eigenvalue weighted by Crippen LogP contribution is -2.34. The van der Waals surface area contributed by atoms with Gasteiger partial charge >= 0.3 is 0 Å². The second-order valence-corrected chi connectivity index (χ2v) is 8.04. The molecule has 1 aromatic rings. The molecular formula is C15H26N2O3S. The van der Waals surface area contributed by atoms with E-state index >= 15 is 0 Å². The predicted octanol–water partition coefficient (Wildman–Crippen LogP) is 2.51. The first kappa shape index (κ1) is 16.5. The summed E-state index contributed by atoms with van der Waals surface area (Å²) in [6.07, 6.45) is 2.39. The van der Waals surface area contributed by atoms with Crippen molar-refractivity contribution in [1.82, 2.24) is 9.62 Å². The average Bonchev–Trinajstić information content (AvgIpc) is 3.15. The zero-order valence-corrected chi connectivity index (χ0v) is 14.2. The molecule has 120 valence electrons. The molecular weight excluding hydrogens is 288 g/mol. The van der Waals surface area contributed by atoms with Crippen LogP contribution in [0.3, 0.4) is 0 Å². The Labute approximate surface area is 127 Å². The molecule has 6 heteroatoms. The van der Waals surface area contributed by atoms with Crippen LogP contribution >= 0.6 is 0 Å². The van der Waals surface area contributed by atoms with E-state index in [1.807, 2.05) is 20.8 Å². The van der Waals surface area contributed by atoms with Gasteiger partial charge in [0.25, 0.3) is 0 Å². The molecule has 0 aromatic carbocycles. The van der Waals surface area contributed by atoms with Gasteiger partial charge in [-0.1, -0.05) is 20.8 Å². The molecule has 1 fully saturated rings. The fourth-order valence-corrected chi connectivity index (χ4v) is 4.14. The minimum absolute atomic E-state index is 0.294. The third kappa shape index (κ3) is 4.08. The molecule has 0 bridgehead atoms.